The summed E-state index contributed by atoms with van der Waals surface area (Å²) >= 11 is 6.17. The number of hydrogen-bond acceptors (Lipinski definition) is 3. The first-order valence-electron chi connectivity index (χ1n) is 8.28. The first-order chi connectivity index (χ1) is 11.1. The number of halogens is 2. The maximum absolute atomic E-state index is 6.17. The smallest absolute Gasteiger partial charge is 0.0947 e. The molecule has 0 spiro atoms. The third-order valence-corrected chi connectivity index (χ3v) is 5.34. The number of imidazole rings is 1. The SMILES string of the molecule is Cl.Cn1cnc(CN[C@H]2CC[C@@](CN)(c3cccc(Cl)c3)CC2)c1. The van der Waals surface area contributed by atoms with E-state index in [-0.39, 0.29) is 17.8 Å². The summed E-state index contributed by atoms with van der Waals surface area (Å²) in [4.78, 5) is 4.37. The molecule has 132 valence electrons. The second-order valence-electron chi connectivity index (χ2n) is 6.68. The summed E-state index contributed by atoms with van der Waals surface area (Å²) < 4.78 is 1.98. The zero-order valence-electron chi connectivity index (χ0n) is 14.0. The van der Waals surface area contributed by atoms with Crippen LogP contribution in [-0.4, -0.2) is 22.1 Å². The van der Waals surface area contributed by atoms with Crippen LogP contribution in [0.2, 0.25) is 5.02 Å². The van der Waals surface area contributed by atoms with Crippen molar-refractivity contribution in [3.63, 3.8) is 0 Å². The van der Waals surface area contributed by atoms with Gasteiger partial charge in [-0.2, -0.15) is 0 Å². The number of nitrogens with two attached hydrogens (primary N) is 1. The Morgan fingerprint density at radius 3 is 2.71 bits per heavy atom. The molecule has 3 rings (SSSR count). The van der Waals surface area contributed by atoms with Crippen molar-refractivity contribution in [3.8, 4) is 0 Å². The van der Waals surface area contributed by atoms with Gasteiger partial charge in [0.25, 0.3) is 0 Å². The van der Waals surface area contributed by atoms with E-state index >= 15 is 0 Å². The van der Waals surface area contributed by atoms with E-state index < -0.39 is 0 Å². The minimum Gasteiger partial charge on any atom is -0.340 e. The van der Waals surface area contributed by atoms with Crippen molar-refractivity contribution in [2.24, 2.45) is 12.8 Å². The van der Waals surface area contributed by atoms with Gasteiger partial charge in [-0.15, -0.1) is 12.4 Å². The standard InChI is InChI=1S/C18H25ClN4.ClH/c1-23-11-17(22-13-23)10-21-16-5-7-18(12-20,8-6-16)14-3-2-4-15(19)9-14;/h2-4,9,11,13,16,21H,5-8,10,12,20H2,1H3;1H/t16-,18+;. The fourth-order valence-corrected chi connectivity index (χ4v) is 3.80. The van der Waals surface area contributed by atoms with E-state index in [1.807, 2.05) is 30.1 Å². The molecule has 4 nitrogen and oxygen atoms in total. The van der Waals surface area contributed by atoms with Gasteiger partial charge < -0.3 is 15.6 Å². The maximum atomic E-state index is 6.17. The largest absolute Gasteiger partial charge is 0.340 e. The number of rotatable bonds is 5. The van der Waals surface area contributed by atoms with Crippen LogP contribution in [0.1, 0.15) is 36.9 Å². The summed E-state index contributed by atoms with van der Waals surface area (Å²) in [6.45, 7) is 1.51. The molecule has 6 heteroatoms. The fraction of sp³-hybridized carbons (Fsp3) is 0.500. The van der Waals surface area contributed by atoms with Gasteiger partial charge in [0.05, 0.1) is 12.0 Å². The van der Waals surface area contributed by atoms with E-state index in [1.165, 1.54) is 5.56 Å². The summed E-state index contributed by atoms with van der Waals surface area (Å²) in [5.41, 5.74) is 8.62. The number of nitrogens with zero attached hydrogens (tertiary/aromatic N) is 2. The van der Waals surface area contributed by atoms with Gasteiger partial charge in [0, 0.05) is 42.8 Å². The van der Waals surface area contributed by atoms with E-state index in [0.717, 1.165) is 42.9 Å². The summed E-state index contributed by atoms with van der Waals surface area (Å²) in [6.07, 6.45) is 8.38. The molecule has 2 aromatic rings. The van der Waals surface area contributed by atoms with Crippen molar-refractivity contribution >= 4 is 24.0 Å². The van der Waals surface area contributed by atoms with E-state index in [0.29, 0.717) is 12.6 Å². The monoisotopic (exact) mass is 368 g/mol. The Hall–Kier alpha value is -1.07. The lowest BCUT2D eigenvalue weighted by Gasteiger charge is -2.40. The average molecular weight is 369 g/mol. The molecular weight excluding hydrogens is 343 g/mol. The molecule has 0 bridgehead atoms. The van der Waals surface area contributed by atoms with Crippen molar-refractivity contribution in [2.75, 3.05) is 6.54 Å². The molecule has 1 fully saturated rings. The number of nitrogens with one attached hydrogen (secondary N) is 1. The topological polar surface area (TPSA) is 55.9 Å². The van der Waals surface area contributed by atoms with Crippen LogP contribution in [0.25, 0.3) is 0 Å². The molecular formula is C18H26Cl2N4. The highest BCUT2D eigenvalue weighted by atomic mass is 35.5. The summed E-state index contributed by atoms with van der Waals surface area (Å²) in [6, 6.07) is 8.74. The molecule has 0 saturated heterocycles. The number of benzene rings is 1. The van der Waals surface area contributed by atoms with Gasteiger partial charge in [0.15, 0.2) is 0 Å². The van der Waals surface area contributed by atoms with Gasteiger partial charge in [-0.1, -0.05) is 23.7 Å². The quantitative estimate of drug-likeness (QED) is 0.849. The van der Waals surface area contributed by atoms with Gasteiger partial charge >= 0.3 is 0 Å². The van der Waals surface area contributed by atoms with Crippen molar-refractivity contribution in [3.05, 3.63) is 53.1 Å². The zero-order chi connectivity index (χ0) is 16.3. The third-order valence-electron chi connectivity index (χ3n) is 5.10. The van der Waals surface area contributed by atoms with Gasteiger partial charge in [-0.05, 0) is 43.4 Å². The number of hydrogen-bond donors (Lipinski definition) is 2. The Bertz CT molecular complexity index is 648. The molecule has 0 amide bonds. The van der Waals surface area contributed by atoms with Gasteiger partial charge in [-0.3, -0.25) is 0 Å². The highest BCUT2D eigenvalue weighted by molar-refractivity contribution is 6.30. The van der Waals surface area contributed by atoms with Crippen molar-refractivity contribution in [1.29, 1.82) is 0 Å². The normalized spacial score (nSPS) is 23.7. The van der Waals surface area contributed by atoms with E-state index in [1.54, 1.807) is 0 Å². The lowest BCUT2D eigenvalue weighted by molar-refractivity contribution is 0.250. The molecule has 1 saturated carbocycles. The van der Waals surface area contributed by atoms with Crippen LogP contribution in [0.3, 0.4) is 0 Å². The molecule has 0 aliphatic heterocycles. The highest BCUT2D eigenvalue weighted by Gasteiger charge is 2.35. The van der Waals surface area contributed by atoms with Crippen LogP contribution >= 0.6 is 24.0 Å². The predicted molar refractivity (Wildman–Crippen MR) is 102 cm³/mol. The van der Waals surface area contributed by atoms with Crippen LogP contribution < -0.4 is 11.1 Å². The molecule has 1 aromatic heterocycles. The highest BCUT2D eigenvalue weighted by Crippen LogP contribution is 2.39. The summed E-state index contributed by atoms with van der Waals surface area (Å²) in [5.74, 6) is 0. The molecule has 0 unspecified atom stereocenters. The van der Waals surface area contributed by atoms with Crippen LogP contribution in [0.4, 0.5) is 0 Å². The molecule has 1 aromatic carbocycles. The van der Waals surface area contributed by atoms with Crippen molar-refractivity contribution in [2.45, 2.75) is 43.7 Å². The molecule has 3 N–H and O–H groups in total. The van der Waals surface area contributed by atoms with Crippen LogP contribution in [0.5, 0.6) is 0 Å². The Kier molecular flexibility index (Phi) is 6.70. The van der Waals surface area contributed by atoms with Gasteiger partial charge in [0.1, 0.15) is 0 Å². The zero-order valence-corrected chi connectivity index (χ0v) is 15.6. The van der Waals surface area contributed by atoms with E-state index in [9.17, 15) is 0 Å². The van der Waals surface area contributed by atoms with Gasteiger partial charge in [-0.25, -0.2) is 4.98 Å². The Morgan fingerprint density at radius 2 is 2.12 bits per heavy atom. The number of aryl methyl sites for hydroxylation is 1. The lowest BCUT2D eigenvalue weighted by atomic mass is 9.68. The minimum atomic E-state index is 0. The lowest BCUT2D eigenvalue weighted by Crippen LogP contribution is -2.43. The summed E-state index contributed by atoms with van der Waals surface area (Å²) in [7, 11) is 2.00. The molecule has 1 aliphatic rings. The first kappa shape index (κ1) is 19.3. The van der Waals surface area contributed by atoms with Crippen molar-refractivity contribution < 1.29 is 0 Å². The third kappa shape index (κ3) is 4.31. The van der Waals surface area contributed by atoms with E-state index in [2.05, 4.69) is 28.6 Å². The molecule has 0 radical (unpaired) electrons. The second-order valence-corrected chi connectivity index (χ2v) is 7.12. The fourth-order valence-electron chi connectivity index (χ4n) is 3.61. The Morgan fingerprint density at radius 1 is 1.38 bits per heavy atom. The van der Waals surface area contributed by atoms with Crippen molar-refractivity contribution in [1.82, 2.24) is 14.9 Å². The van der Waals surface area contributed by atoms with Crippen LogP contribution in [-0.2, 0) is 19.0 Å². The second kappa shape index (κ2) is 8.34. The molecule has 1 aliphatic carbocycles. The molecule has 1 heterocycles. The molecule has 24 heavy (non-hydrogen) atoms. The Labute approximate surface area is 155 Å². The Balaban J connectivity index is 0.00000208. The summed E-state index contributed by atoms with van der Waals surface area (Å²) in [5, 5.41) is 4.43. The average Bonchev–Trinajstić information content (AvgIpc) is 2.99. The van der Waals surface area contributed by atoms with Crippen LogP contribution in [0.15, 0.2) is 36.8 Å². The first-order valence-corrected chi connectivity index (χ1v) is 8.65. The van der Waals surface area contributed by atoms with Gasteiger partial charge in [0.2, 0.25) is 0 Å². The van der Waals surface area contributed by atoms with Crippen LogP contribution in [0, 0.1) is 0 Å². The van der Waals surface area contributed by atoms with E-state index in [4.69, 9.17) is 17.3 Å². The molecule has 0 atom stereocenters. The predicted octanol–water partition coefficient (Wildman–Crippen LogP) is 3.42. The number of aromatic nitrogens is 2. The maximum Gasteiger partial charge on any atom is 0.0947 e. The minimum absolute atomic E-state index is 0.